The van der Waals surface area contributed by atoms with Gasteiger partial charge in [-0.3, -0.25) is 4.79 Å². The van der Waals surface area contributed by atoms with E-state index in [2.05, 4.69) is 0 Å². The number of carbonyl (C=O) groups is 1. The first-order chi connectivity index (χ1) is 16.2. The van der Waals surface area contributed by atoms with Gasteiger partial charge in [-0.15, -0.1) is 0 Å². The number of fused-ring (bicyclic) bond motifs is 3. The molecule has 3 aliphatic heterocycles. The fraction of sp³-hybridized carbons (Fsp3) is 0.435. The summed E-state index contributed by atoms with van der Waals surface area (Å²) in [4.78, 5) is 16.8. The third-order valence-corrected chi connectivity index (χ3v) is 8.45. The first-order valence-electron chi connectivity index (χ1n) is 11.1. The summed E-state index contributed by atoms with van der Waals surface area (Å²) in [6, 6.07) is 9.18. The summed E-state index contributed by atoms with van der Waals surface area (Å²) >= 11 is 0. The predicted octanol–water partition coefficient (Wildman–Crippen LogP) is 3.24. The molecule has 5 rings (SSSR count). The Bertz CT molecular complexity index is 1210. The molecule has 0 saturated carbocycles. The second-order valence-electron chi connectivity index (χ2n) is 8.64. The topological polar surface area (TPSA) is 70.2 Å². The number of carbonyl (C=O) groups excluding carboxylic acids is 1. The lowest BCUT2D eigenvalue weighted by Gasteiger charge is -2.40. The van der Waals surface area contributed by atoms with Crippen LogP contribution in [0.2, 0.25) is 0 Å². The Balaban J connectivity index is 1.55. The van der Waals surface area contributed by atoms with Crippen LogP contribution in [0.3, 0.4) is 0 Å². The highest BCUT2D eigenvalue weighted by molar-refractivity contribution is 7.89. The van der Waals surface area contributed by atoms with E-state index in [0.29, 0.717) is 37.4 Å². The van der Waals surface area contributed by atoms with E-state index in [1.807, 2.05) is 4.90 Å². The van der Waals surface area contributed by atoms with Crippen molar-refractivity contribution in [3.8, 4) is 0 Å². The van der Waals surface area contributed by atoms with Crippen molar-refractivity contribution in [3.05, 3.63) is 53.6 Å². The SMILES string of the molecule is O=C1[C@H]2CCCN2c2ccc(S(=O)(=O)N3CCOCC3)cc2N1Cc1cccc(C(F)(F)F)c1. The van der Waals surface area contributed by atoms with Gasteiger partial charge in [-0.2, -0.15) is 17.5 Å². The van der Waals surface area contributed by atoms with E-state index >= 15 is 0 Å². The Hall–Kier alpha value is -2.63. The third kappa shape index (κ3) is 4.05. The van der Waals surface area contributed by atoms with Crippen molar-refractivity contribution in [2.24, 2.45) is 0 Å². The fourth-order valence-corrected chi connectivity index (χ4v) is 6.29. The number of sulfonamides is 1. The summed E-state index contributed by atoms with van der Waals surface area (Å²) in [6.45, 7) is 1.66. The summed E-state index contributed by atoms with van der Waals surface area (Å²) in [5.74, 6) is -0.233. The molecule has 3 aliphatic rings. The summed E-state index contributed by atoms with van der Waals surface area (Å²) in [6.07, 6.45) is -3.05. The van der Waals surface area contributed by atoms with Gasteiger partial charge in [0.05, 0.1) is 41.6 Å². The lowest BCUT2D eigenvalue weighted by atomic mass is 10.0. The number of rotatable bonds is 4. The Kier molecular flexibility index (Phi) is 5.81. The number of nitrogens with zero attached hydrogens (tertiary/aromatic N) is 3. The zero-order valence-corrected chi connectivity index (χ0v) is 19.1. The number of hydrogen-bond donors (Lipinski definition) is 0. The van der Waals surface area contributed by atoms with Crippen LogP contribution in [0.4, 0.5) is 24.5 Å². The van der Waals surface area contributed by atoms with E-state index in [-0.39, 0.29) is 30.4 Å². The Morgan fingerprint density at radius 1 is 1.00 bits per heavy atom. The van der Waals surface area contributed by atoms with Crippen LogP contribution in [0.5, 0.6) is 0 Å². The molecule has 3 heterocycles. The molecule has 2 saturated heterocycles. The lowest BCUT2D eigenvalue weighted by Crippen LogP contribution is -2.50. The van der Waals surface area contributed by atoms with Crippen molar-refractivity contribution >= 4 is 27.3 Å². The molecule has 0 bridgehead atoms. The number of morpholine rings is 1. The van der Waals surface area contributed by atoms with Gasteiger partial charge in [0, 0.05) is 19.6 Å². The van der Waals surface area contributed by atoms with E-state index in [4.69, 9.17) is 4.74 Å². The number of alkyl halides is 3. The lowest BCUT2D eigenvalue weighted by molar-refractivity contribution is -0.137. The second-order valence-corrected chi connectivity index (χ2v) is 10.6. The molecule has 0 unspecified atom stereocenters. The molecule has 0 N–H and O–H groups in total. The molecule has 2 aromatic rings. The monoisotopic (exact) mass is 495 g/mol. The molecule has 0 radical (unpaired) electrons. The van der Waals surface area contributed by atoms with Crippen molar-refractivity contribution in [2.75, 3.05) is 42.6 Å². The van der Waals surface area contributed by atoms with Gasteiger partial charge in [-0.1, -0.05) is 12.1 Å². The van der Waals surface area contributed by atoms with Crippen molar-refractivity contribution in [1.82, 2.24) is 4.31 Å². The van der Waals surface area contributed by atoms with Crippen molar-refractivity contribution < 1.29 is 31.1 Å². The van der Waals surface area contributed by atoms with Crippen LogP contribution >= 0.6 is 0 Å². The minimum atomic E-state index is -4.50. The molecule has 1 amide bonds. The van der Waals surface area contributed by atoms with Gasteiger partial charge in [-0.05, 0) is 48.7 Å². The maximum Gasteiger partial charge on any atom is 0.416 e. The van der Waals surface area contributed by atoms with Gasteiger partial charge >= 0.3 is 6.18 Å². The van der Waals surface area contributed by atoms with Crippen LogP contribution in [0.15, 0.2) is 47.4 Å². The first-order valence-corrected chi connectivity index (χ1v) is 12.6. The van der Waals surface area contributed by atoms with Crippen molar-refractivity contribution in [1.29, 1.82) is 0 Å². The maximum absolute atomic E-state index is 13.4. The van der Waals surface area contributed by atoms with Crippen LogP contribution in [0.25, 0.3) is 0 Å². The van der Waals surface area contributed by atoms with Gasteiger partial charge in [0.15, 0.2) is 0 Å². The molecule has 2 fully saturated rings. The highest BCUT2D eigenvalue weighted by atomic mass is 32.2. The van der Waals surface area contributed by atoms with Crippen LogP contribution in [-0.4, -0.2) is 57.5 Å². The largest absolute Gasteiger partial charge is 0.416 e. The standard InChI is InChI=1S/C23H24F3N3O4S/c24-23(25,26)17-4-1-3-16(13-17)15-29-21-14-18(34(31,32)27-9-11-33-12-10-27)6-7-19(21)28-8-2-5-20(28)22(29)30/h1,3-4,6-7,13-14,20H,2,5,8-12,15H2/t20-/m1/s1. The minimum absolute atomic E-state index is 0.0487. The number of amides is 1. The number of benzene rings is 2. The molecule has 0 spiro atoms. The summed E-state index contributed by atoms with van der Waals surface area (Å²) < 4.78 is 72.8. The number of ether oxygens (including phenoxy) is 1. The average molecular weight is 496 g/mol. The Morgan fingerprint density at radius 3 is 2.50 bits per heavy atom. The molecule has 182 valence electrons. The smallest absolute Gasteiger partial charge is 0.379 e. The Labute approximate surface area is 195 Å². The number of hydrogen-bond acceptors (Lipinski definition) is 5. The second kappa shape index (κ2) is 8.54. The number of anilines is 2. The first kappa shape index (κ1) is 23.1. The molecule has 11 heteroatoms. The van der Waals surface area contributed by atoms with Crippen LogP contribution < -0.4 is 9.80 Å². The third-order valence-electron chi connectivity index (χ3n) is 6.55. The van der Waals surface area contributed by atoms with E-state index < -0.39 is 27.8 Å². The van der Waals surface area contributed by atoms with Gasteiger partial charge in [0.25, 0.3) is 0 Å². The van der Waals surface area contributed by atoms with Crippen LogP contribution in [0, 0.1) is 0 Å². The number of halogens is 3. The van der Waals surface area contributed by atoms with Crippen molar-refractivity contribution in [3.63, 3.8) is 0 Å². The zero-order chi connectivity index (χ0) is 24.1. The molecule has 7 nitrogen and oxygen atoms in total. The van der Waals surface area contributed by atoms with Crippen LogP contribution in [0.1, 0.15) is 24.0 Å². The molecule has 0 aliphatic carbocycles. The van der Waals surface area contributed by atoms with Crippen LogP contribution in [-0.2, 0) is 32.3 Å². The molecule has 0 aromatic heterocycles. The fourth-order valence-electron chi connectivity index (χ4n) is 4.86. The normalized spacial score (nSPS) is 21.5. The molecule has 1 atom stereocenters. The molecular weight excluding hydrogens is 471 g/mol. The highest BCUT2D eigenvalue weighted by Crippen LogP contribution is 2.42. The van der Waals surface area contributed by atoms with E-state index in [1.165, 1.54) is 33.5 Å². The van der Waals surface area contributed by atoms with Gasteiger partial charge in [0.1, 0.15) is 6.04 Å². The van der Waals surface area contributed by atoms with Gasteiger partial charge in [0.2, 0.25) is 15.9 Å². The summed E-state index contributed by atoms with van der Waals surface area (Å²) in [5.41, 5.74) is 0.646. The Morgan fingerprint density at radius 2 is 1.76 bits per heavy atom. The van der Waals surface area contributed by atoms with Gasteiger partial charge in [-0.25, -0.2) is 8.42 Å². The average Bonchev–Trinajstić information content (AvgIpc) is 3.32. The molecule has 34 heavy (non-hydrogen) atoms. The van der Waals surface area contributed by atoms with E-state index in [1.54, 1.807) is 6.07 Å². The zero-order valence-electron chi connectivity index (χ0n) is 18.3. The highest BCUT2D eigenvalue weighted by Gasteiger charge is 2.42. The molecule has 2 aromatic carbocycles. The predicted molar refractivity (Wildman–Crippen MR) is 119 cm³/mol. The minimum Gasteiger partial charge on any atom is -0.379 e. The van der Waals surface area contributed by atoms with Gasteiger partial charge < -0.3 is 14.5 Å². The summed E-state index contributed by atoms with van der Waals surface area (Å²) in [7, 11) is -3.81. The maximum atomic E-state index is 13.4. The quantitative estimate of drug-likeness (QED) is 0.652. The molecular formula is C23H24F3N3O4S. The van der Waals surface area contributed by atoms with E-state index in [9.17, 15) is 26.4 Å². The van der Waals surface area contributed by atoms with E-state index in [0.717, 1.165) is 24.2 Å². The summed E-state index contributed by atoms with van der Waals surface area (Å²) in [5, 5.41) is 0. The van der Waals surface area contributed by atoms with Crippen molar-refractivity contribution in [2.45, 2.75) is 36.5 Å².